The molecule has 0 aromatic carbocycles. The van der Waals surface area contributed by atoms with Crippen molar-refractivity contribution in [2.45, 2.75) is 11.7 Å². The van der Waals surface area contributed by atoms with Gasteiger partial charge in [-0.3, -0.25) is 4.55 Å². The second kappa shape index (κ2) is 6.47. The first-order valence-electron chi connectivity index (χ1n) is 4.30. The molecule has 0 heterocycles. The van der Waals surface area contributed by atoms with Crippen LogP contribution in [0.5, 0.6) is 0 Å². The predicted octanol–water partition coefficient (Wildman–Crippen LogP) is 0.417. The van der Waals surface area contributed by atoms with E-state index in [4.69, 9.17) is 9.66 Å². The van der Waals surface area contributed by atoms with Gasteiger partial charge < -0.3 is 9.59 Å². The number of quaternary nitrogens is 1. The zero-order valence-corrected chi connectivity index (χ0v) is 10.4. The molecule has 0 saturated heterocycles. The Hall–Kier alpha value is -0.450. The van der Waals surface area contributed by atoms with E-state index in [1.807, 2.05) is 0 Å². The van der Waals surface area contributed by atoms with Gasteiger partial charge in [0.25, 0.3) is 0 Å². The molecular weight excluding hydrogens is 270 g/mol. The number of likely N-dealkylation sites (N-methyl/N-ethyl adjacent to an activating group) is 1. The third-order valence-electron chi connectivity index (χ3n) is 1.37. The first-order chi connectivity index (χ1) is 7.25. The lowest BCUT2D eigenvalue weighted by molar-refractivity contribution is -0.870. The summed E-state index contributed by atoms with van der Waals surface area (Å²) in [6.07, 6.45) is -4.41. The summed E-state index contributed by atoms with van der Waals surface area (Å²) >= 11 is 0. The zero-order chi connectivity index (χ0) is 14.5. The van der Waals surface area contributed by atoms with Crippen molar-refractivity contribution in [2.75, 3.05) is 34.3 Å². The van der Waals surface area contributed by atoms with E-state index in [9.17, 15) is 26.0 Å². The summed E-state index contributed by atoms with van der Waals surface area (Å²) in [7, 11) is 0.170. The van der Waals surface area contributed by atoms with Gasteiger partial charge in [-0.25, -0.2) is 8.78 Å². The maximum atomic E-state index is 11.5. The summed E-state index contributed by atoms with van der Waals surface area (Å²) in [6.45, 7) is 1.11. The summed E-state index contributed by atoms with van der Waals surface area (Å²) in [5.41, 5.74) is 0. The molecule has 0 bridgehead atoms. The summed E-state index contributed by atoms with van der Waals surface area (Å²) in [6, 6.07) is 0. The molecule has 10 heteroatoms. The van der Waals surface area contributed by atoms with E-state index in [1.54, 1.807) is 0 Å². The summed E-state index contributed by atoms with van der Waals surface area (Å²) in [5.74, 6) is 0. The zero-order valence-electron chi connectivity index (χ0n) is 9.57. The quantitative estimate of drug-likeness (QED) is 0.446. The number of rotatable bonds is 4. The Kier molecular flexibility index (Phi) is 7.20. The van der Waals surface area contributed by atoms with Crippen molar-refractivity contribution in [3.8, 4) is 0 Å². The standard InChI is InChI=1S/C5H14NO.C2H2F4O3S/c1-6(2,3)4-5-7;3-1(4)2(5,6)10(7,8)9/h7H,4-5H2,1-3H3;1H,(H,7,8,9)/q+1;. The maximum Gasteiger partial charge on any atom is 0.428 e. The second-order valence-electron chi connectivity index (χ2n) is 4.08. The summed E-state index contributed by atoms with van der Waals surface area (Å²) < 4.78 is 72.1. The summed E-state index contributed by atoms with van der Waals surface area (Å²) in [5, 5.41) is 3.02. The monoisotopic (exact) mass is 286 g/mol. The first kappa shape index (κ1) is 18.9. The highest BCUT2D eigenvalue weighted by Crippen LogP contribution is 2.27. The molecule has 0 radical (unpaired) electrons. The Morgan fingerprint density at radius 1 is 1.24 bits per heavy atom. The molecule has 17 heavy (non-hydrogen) atoms. The fraction of sp³-hybridized carbons (Fsp3) is 1.00. The van der Waals surface area contributed by atoms with Crippen LogP contribution in [-0.4, -0.2) is 68.5 Å². The lowest BCUT2D eigenvalue weighted by atomic mass is 10.5. The fourth-order valence-corrected chi connectivity index (χ4v) is 0.638. The number of nitrogens with zero attached hydrogens (tertiary/aromatic N) is 1. The van der Waals surface area contributed by atoms with Crippen LogP contribution < -0.4 is 0 Å². The van der Waals surface area contributed by atoms with Crippen molar-refractivity contribution >= 4 is 10.1 Å². The minimum atomic E-state index is -5.98. The Morgan fingerprint density at radius 3 is 1.59 bits per heavy atom. The molecule has 0 saturated carbocycles. The highest BCUT2D eigenvalue weighted by atomic mass is 32.2. The van der Waals surface area contributed by atoms with E-state index in [1.165, 1.54) is 0 Å². The molecule has 0 fully saturated rings. The average molecular weight is 286 g/mol. The number of aliphatic hydroxyl groups excluding tert-OH is 1. The number of alkyl halides is 4. The van der Waals surface area contributed by atoms with Gasteiger partial charge in [-0.05, 0) is 0 Å². The van der Waals surface area contributed by atoms with Gasteiger partial charge in [0, 0.05) is 0 Å². The van der Waals surface area contributed by atoms with Crippen molar-refractivity contribution in [3.63, 3.8) is 0 Å². The number of hydrogen-bond donors (Lipinski definition) is 2. The van der Waals surface area contributed by atoms with Gasteiger partial charge in [-0.1, -0.05) is 0 Å². The lowest BCUT2D eigenvalue weighted by Crippen LogP contribution is -2.36. The molecule has 0 atom stereocenters. The van der Waals surface area contributed by atoms with Crippen LogP contribution >= 0.6 is 0 Å². The van der Waals surface area contributed by atoms with Gasteiger partial charge in [-0.15, -0.1) is 0 Å². The predicted molar refractivity (Wildman–Crippen MR) is 52.5 cm³/mol. The molecule has 0 aromatic heterocycles. The molecule has 0 aliphatic carbocycles. The van der Waals surface area contributed by atoms with Crippen molar-refractivity contribution in [1.29, 1.82) is 0 Å². The Morgan fingerprint density at radius 2 is 1.59 bits per heavy atom. The van der Waals surface area contributed by atoms with Gasteiger partial charge in [-0.2, -0.15) is 17.2 Å². The van der Waals surface area contributed by atoms with Crippen LogP contribution in [0.4, 0.5) is 17.6 Å². The van der Waals surface area contributed by atoms with Gasteiger partial charge in [0.15, 0.2) is 0 Å². The largest absolute Gasteiger partial charge is 0.428 e. The molecule has 0 amide bonds. The van der Waals surface area contributed by atoms with Gasteiger partial charge in [0.2, 0.25) is 0 Å². The SMILES string of the molecule is C[N+](C)(C)CCO.O=S(=O)(O)C(F)(F)C(F)F. The van der Waals surface area contributed by atoms with Crippen molar-refractivity contribution in [3.05, 3.63) is 0 Å². The maximum absolute atomic E-state index is 11.5. The smallest absolute Gasteiger partial charge is 0.391 e. The average Bonchev–Trinajstić information content (AvgIpc) is 2.00. The number of aliphatic hydroxyl groups is 1. The van der Waals surface area contributed by atoms with E-state index >= 15 is 0 Å². The lowest BCUT2D eigenvalue weighted by Gasteiger charge is -2.21. The molecule has 0 spiro atoms. The first-order valence-corrected chi connectivity index (χ1v) is 5.74. The van der Waals surface area contributed by atoms with Crippen LogP contribution in [0.2, 0.25) is 0 Å². The van der Waals surface area contributed by atoms with E-state index < -0.39 is 21.8 Å². The van der Waals surface area contributed by atoms with Crippen LogP contribution in [0.15, 0.2) is 0 Å². The molecule has 5 nitrogen and oxygen atoms in total. The normalized spacial score (nSPS) is 13.3. The van der Waals surface area contributed by atoms with Crippen molar-refractivity contribution in [2.24, 2.45) is 0 Å². The van der Waals surface area contributed by atoms with E-state index in [-0.39, 0.29) is 6.61 Å². The van der Waals surface area contributed by atoms with Crippen LogP contribution in [-0.2, 0) is 10.1 Å². The minimum absolute atomic E-state index is 0.281. The molecular formula is C7H16F4NO4S+. The van der Waals surface area contributed by atoms with Crippen LogP contribution in [0, 0.1) is 0 Å². The van der Waals surface area contributed by atoms with E-state index in [0.29, 0.717) is 0 Å². The molecule has 0 rings (SSSR count). The highest BCUT2D eigenvalue weighted by molar-refractivity contribution is 7.86. The number of hydrogen-bond acceptors (Lipinski definition) is 3. The van der Waals surface area contributed by atoms with E-state index in [2.05, 4.69) is 21.1 Å². The van der Waals surface area contributed by atoms with Gasteiger partial charge in [0.05, 0.1) is 27.7 Å². The molecule has 106 valence electrons. The third-order valence-corrected chi connectivity index (χ3v) is 2.23. The minimum Gasteiger partial charge on any atom is -0.391 e. The van der Waals surface area contributed by atoms with Crippen LogP contribution in [0.25, 0.3) is 0 Å². The Balaban J connectivity index is 0. The highest BCUT2D eigenvalue weighted by Gasteiger charge is 2.53. The van der Waals surface area contributed by atoms with Gasteiger partial charge >= 0.3 is 21.8 Å². The van der Waals surface area contributed by atoms with Crippen LogP contribution in [0.3, 0.4) is 0 Å². The molecule has 0 aliphatic heterocycles. The number of halogens is 4. The summed E-state index contributed by atoms with van der Waals surface area (Å²) in [4.78, 5) is 0. The van der Waals surface area contributed by atoms with Crippen molar-refractivity contribution < 1.29 is 40.1 Å². The van der Waals surface area contributed by atoms with Crippen molar-refractivity contribution in [1.82, 2.24) is 0 Å². The second-order valence-corrected chi connectivity index (χ2v) is 5.57. The van der Waals surface area contributed by atoms with Gasteiger partial charge in [0.1, 0.15) is 6.54 Å². The molecule has 0 aromatic rings. The fourth-order valence-electron chi connectivity index (χ4n) is 0.413. The molecule has 0 aliphatic rings. The Bertz CT molecular complexity index is 312. The third kappa shape index (κ3) is 8.30. The van der Waals surface area contributed by atoms with Crippen LogP contribution in [0.1, 0.15) is 0 Å². The molecule has 2 N–H and O–H groups in total. The Labute approximate surface area is 97.0 Å². The topological polar surface area (TPSA) is 74.6 Å². The molecule has 0 unspecified atom stereocenters. The van der Waals surface area contributed by atoms with E-state index in [0.717, 1.165) is 11.0 Å².